The number of fused-ring (bicyclic) bond motifs is 3. The van der Waals surface area contributed by atoms with Crippen LogP contribution in [0, 0.1) is 15.9 Å². The number of nitrogens with zero attached hydrogens (tertiary/aromatic N) is 1. The van der Waals surface area contributed by atoms with Crippen LogP contribution in [0.25, 0.3) is 11.1 Å². The first kappa shape index (κ1) is 26.4. The molecule has 0 radical (unpaired) electrons. The number of halogens is 1. The largest absolute Gasteiger partial charge is 0.480 e. The molecule has 0 heterocycles. The van der Waals surface area contributed by atoms with Crippen LogP contribution < -0.4 is 10.1 Å². The Morgan fingerprint density at radius 3 is 2.17 bits per heavy atom. The van der Waals surface area contributed by atoms with Crippen molar-refractivity contribution in [2.45, 2.75) is 18.4 Å². The molecule has 4 aromatic rings. The van der Waals surface area contributed by atoms with Gasteiger partial charge in [-0.05, 0) is 58.1 Å². The van der Waals surface area contributed by atoms with E-state index in [4.69, 9.17) is 9.47 Å². The van der Waals surface area contributed by atoms with Crippen LogP contribution in [0.3, 0.4) is 0 Å². The van der Waals surface area contributed by atoms with E-state index >= 15 is 0 Å². The van der Waals surface area contributed by atoms with Gasteiger partial charge in [0.1, 0.15) is 24.2 Å². The van der Waals surface area contributed by atoms with Crippen LogP contribution in [0.5, 0.6) is 11.5 Å². The molecule has 0 fully saturated rings. The molecule has 4 aromatic carbocycles. The first-order chi connectivity index (χ1) is 19.3. The maximum absolute atomic E-state index is 13.2. The summed E-state index contributed by atoms with van der Waals surface area (Å²) in [6.07, 6.45) is -1.16. The normalized spacial score (nSPS) is 12.6. The number of aliphatic carboxylic acids is 1. The highest BCUT2D eigenvalue weighted by Crippen LogP contribution is 2.44. The van der Waals surface area contributed by atoms with Crippen LogP contribution in [-0.4, -0.2) is 34.7 Å². The Balaban J connectivity index is 1.26. The molecule has 9 nitrogen and oxygen atoms in total. The Bertz CT molecular complexity index is 1540. The quantitative estimate of drug-likeness (QED) is 0.194. The fourth-order valence-corrected chi connectivity index (χ4v) is 4.77. The molecular weight excluding hydrogens is 519 g/mol. The van der Waals surface area contributed by atoms with Gasteiger partial charge in [-0.2, -0.15) is 0 Å². The zero-order valence-corrected chi connectivity index (χ0v) is 21.0. The summed E-state index contributed by atoms with van der Waals surface area (Å²) in [5, 5.41) is 23.7. The van der Waals surface area contributed by atoms with Gasteiger partial charge in [-0.25, -0.2) is 14.0 Å². The average molecular weight is 543 g/mol. The van der Waals surface area contributed by atoms with Crippen molar-refractivity contribution in [3.05, 3.63) is 124 Å². The SMILES string of the molecule is O=C(NC(Cc1ccc(Oc2ccc(F)cc2)c([N+](=O)[O-])c1)C(=O)O)OCC1c2ccccc2-c2ccccc21. The van der Waals surface area contributed by atoms with Crippen molar-refractivity contribution in [1.29, 1.82) is 0 Å². The molecule has 40 heavy (non-hydrogen) atoms. The summed E-state index contributed by atoms with van der Waals surface area (Å²) < 4.78 is 24.1. The van der Waals surface area contributed by atoms with Crippen LogP contribution >= 0.6 is 0 Å². The van der Waals surface area contributed by atoms with Crippen LogP contribution in [-0.2, 0) is 16.0 Å². The number of alkyl carbamates (subject to hydrolysis) is 1. The fourth-order valence-electron chi connectivity index (χ4n) is 4.77. The third-order valence-electron chi connectivity index (χ3n) is 6.64. The summed E-state index contributed by atoms with van der Waals surface area (Å²) >= 11 is 0. The second-order valence-corrected chi connectivity index (χ2v) is 9.18. The molecule has 202 valence electrons. The number of nitrogens with one attached hydrogen (secondary N) is 1. The molecule has 0 spiro atoms. The molecule has 0 saturated heterocycles. The number of rotatable bonds is 9. The summed E-state index contributed by atoms with van der Waals surface area (Å²) in [6.45, 7) is 0.00704. The van der Waals surface area contributed by atoms with Crippen LogP contribution in [0.15, 0.2) is 91.0 Å². The molecule has 0 saturated carbocycles. The van der Waals surface area contributed by atoms with Crippen molar-refractivity contribution in [3.63, 3.8) is 0 Å². The van der Waals surface area contributed by atoms with Gasteiger partial charge in [-0.3, -0.25) is 10.1 Å². The minimum absolute atomic E-state index is 0.00704. The topological polar surface area (TPSA) is 128 Å². The number of hydrogen-bond acceptors (Lipinski definition) is 6. The zero-order valence-electron chi connectivity index (χ0n) is 21.0. The smallest absolute Gasteiger partial charge is 0.407 e. The summed E-state index contributed by atoms with van der Waals surface area (Å²) in [5.41, 5.74) is 4.02. The molecule has 10 heteroatoms. The standard InChI is InChI=1S/C30H23FN2O7/c31-19-10-12-20(13-11-19)40-28-14-9-18(16-27(28)33(37)38)15-26(29(34)35)32-30(36)39-17-25-23-7-3-1-5-21(23)22-6-2-4-8-24(22)25/h1-14,16,25-26H,15,17H2,(H,32,36)(H,34,35). The van der Waals surface area contributed by atoms with E-state index in [2.05, 4.69) is 5.32 Å². The lowest BCUT2D eigenvalue weighted by Crippen LogP contribution is -2.42. The number of carbonyl (C=O) groups is 2. The van der Waals surface area contributed by atoms with Gasteiger partial charge >= 0.3 is 17.7 Å². The zero-order chi connectivity index (χ0) is 28.2. The van der Waals surface area contributed by atoms with E-state index in [9.17, 15) is 29.2 Å². The molecular formula is C30H23FN2O7. The Kier molecular flexibility index (Phi) is 7.41. The Morgan fingerprint density at radius 1 is 0.950 bits per heavy atom. The third-order valence-corrected chi connectivity index (χ3v) is 6.64. The predicted octanol–water partition coefficient (Wildman–Crippen LogP) is 6.06. The van der Waals surface area contributed by atoms with Gasteiger partial charge in [0.15, 0.2) is 0 Å². The first-order valence-electron chi connectivity index (χ1n) is 12.3. The van der Waals surface area contributed by atoms with Crippen LogP contribution in [0.2, 0.25) is 0 Å². The van der Waals surface area contributed by atoms with Gasteiger partial charge in [-0.1, -0.05) is 54.6 Å². The summed E-state index contributed by atoms with van der Waals surface area (Å²) in [4.78, 5) is 35.5. The molecule has 0 aliphatic heterocycles. The van der Waals surface area contributed by atoms with Crippen molar-refractivity contribution in [3.8, 4) is 22.6 Å². The van der Waals surface area contributed by atoms with E-state index < -0.39 is 34.5 Å². The fraction of sp³-hybridized carbons (Fsp3) is 0.133. The van der Waals surface area contributed by atoms with Gasteiger partial charge in [-0.15, -0.1) is 0 Å². The van der Waals surface area contributed by atoms with Gasteiger partial charge in [0, 0.05) is 18.4 Å². The maximum atomic E-state index is 13.2. The summed E-state index contributed by atoms with van der Waals surface area (Å²) in [5.74, 6) is -1.92. The minimum atomic E-state index is -1.40. The molecule has 2 N–H and O–H groups in total. The molecule has 5 rings (SSSR count). The summed E-state index contributed by atoms with van der Waals surface area (Å²) in [6, 6.07) is 23.2. The number of nitro benzene ring substituents is 1. The highest BCUT2D eigenvalue weighted by molar-refractivity contribution is 5.81. The average Bonchev–Trinajstić information content (AvgIpc) is 3.27. The number of amides is 1. The maximum Gasteiger partial charge on any atom is 0.407 e. The van der Waals surface area contributed by atoms with Gasteiger partial charge in [0.2, 0.25) is 5.75 Å². The third kappa shape index (κ3) is 5.60. The Morgan fingerprint density at radius 2 is 1.57 bits per heavy atom. The van der Waals surface area contributed by atoms with Crippen molar-refractivity contribution < 1.29 is 33.5 Å². The highest BCUT2D eigenvalue weighted by atomic mass is 19.1. The molecule has 0 bridgehead atoms. The lowest BCUT2D eigenvalue weighted by atomic mass is 9.98. The Labute approximate surface area is 227 Å². The number of hydrogen-bond donors (Lipinski definition) is 2. The molecule has 1 amide bonds. The number of benzene rings is 4. The number of nitro groups is 1. The highest BCUT2D eigenvalue weighted by Gasteiger charge is 2.30. The van der Waals surface area contributed by atoms with E-state index in [-0.39, 0.29) is 36.0 Å². The van der Waals surface area contributed by atoms with Crippen molar-refractivity contribution in [2.75, 3.05) is 6.61 Å². The van der Waals surface area contributed by atoms with E-state index in [0.29, 0.717) is 0 Å². The van der Waals surface area contributed by atoms with Crippen LogP contribution in [0.1, 0.15) is 22.6 Å². The molecule has 1 aliphatic rings. The van der Waals surface area contributed by atoms with E-state index in [1.807, 2.05) is 48.5 Å². The number of carboxylic acids is 1. The number of carbonyl (C=O) groups excluding carboxylic acids is 1. The second-order valence-electron chi connectivity index (χ2n) is 9.18. The van der Waals surface area contributed by atoms with Crippen molar-refractivity contribution in [2.24, 2.45) is 0 Å². The minimum Gasteiger partial charge on any atom is -0.480 e. The van der Waals surface area contributed by atoms with E-state index in [1.54, 1.807) is 0 Å². The lowest BCUT2D eigenvalue weighted by molar-refractivity contribution is -0.385. The lowest BCUT2D eigenvalue weighted by Gasteiger charge is -2.18. The second kappa shape index (κ2) is 11.2. The van der Waals surface area contributed by atoms with E-state index in [1.165, 1.54) is 30.3 Å². The molecule has 1 unspecified atom stereocenters. The molecule has 0 aromatic heterocycles. The van der Waals surface area contributed by atoms with Crippen molar-refractivity contribution in [1.82, 2.24) is 5.32 Å². The van der Waals surface area contributed by atoms with Crippen molar-refractivity contribution >= 4 is 17.7 Å². The number of carboxylic acid groups (broad SMARTS) is 1. The number of ether oxygens (including phenoxy) is 2. The monoisotopic (exact) mass is 542 g/mol. The molecule has 1 atom stereocenters. The van der Waals surface area contributed by atoms with Gasteiger partial charge in [0.25, 0.3) is 0 Å². The van der Waals surface area contributed by atoms with Gasteiger partial charge < -0.3 is 19.9 Å². The van der Waals surface area contributed by atoms with Gasteiger partial charge in [0.05, 0.1) is 4.92 Å². The first-order valence-corrected chi connectivity index (χ1v) is 12.3. The van der Waals surface area contributed by atoms with Crippen LogP contribution in [0.4, 0.5) is 14.9 Å². The predicted molar refractivity (Wildman–Crippen MR) is 143 cm³/mol. The van der Waals surface area contributed by atoms with E-state index in [0.717, 1.165) is 34.4 Å². The summed E-state index contributed by atoms with van der Waals surface area (Å²) in [7, 11) is 0. The Hall–Kier alpha value is -5.25. The molecule has 1 aliphatic carbocycles.